The van der Waals surface area contributed by atoms with Gasteiger partial charge in [-0.05, 0) is 6.16 Å². The number of hydrogen-bond donors (Lipinski definition) is 0. The van der Waals surface area contributed by atoms with Gasteiger partial charge in [0, 0.05) is 0 Å². The zero-order chi connectivity index (χ0) is 9.49. The van der Waals surface area contributed by atoms with Gasteiger partial charge in [-0.1, -0.05) is 0 Å². The van der Waals surface area contributed by atoms with Crippen molar-refractivity contribution in [1.29, 1.82) is 0 Å². The van der Waals surface area contributed by atoms with Crippen LogP contribution in [0.4, 0.5) is 4.79 Å². The first-order chi connectivity index (χ1) is 4.85. The van der Waals surface area contributed by atoms with Gasteiger partial charge in [0.1, 0.15) is 0 Å². The van der Waals surface area contributed by atoms with Gasteiger partial charge in [-0.2, -0.15) is 8.42 Å². The summed E-state index contributed by atoms with van der Waals surface area (Å²) in [4.78, 5) is 8.33. The van der Waals surface area contributed by atoms with E-state index in [1.807, 2.05) is 0 Å². The Balaban J connectivity index is -0.0000000600. The van der Waals surface area contributed by atoms with Crippen LogP contribution in [0.3, 0.4) is 0 Å². The molecule has 0 spiro atoms. The van der Waals surface area contributed by atoms with Crippen LogP contribution in [-0.2, 0) is 18.8 Å². The second-order valence-electron chi connectivity index (χ2n) is 0.992. The molecule has 0 aliphatic rings. The van der Waals surface area contributed by atoms with Crippen molar-refractivity contribution in [3.05, 3.63) is 0 Å². The molecular formula is C3H6K2O7S. The molecule has 0 heterocycles. The van der Waals surface area contributed by atoms with Crippen LogP contribution >= 0.6 is 0 Å². The van der Waals surface area contributed by atoms with E-state index < -0.39 is 16.6 Å². The smallest absolute Gasteiger partial charge is 0.652 e. The summed E-state index contributed by atoms with van der Waals surface area (Å²) in [7, 11) is -1.60. The third-order valence-corrected chi connectivity index (χ3v) is 1.22. The quantitative estimate of drug-likeness (QED) is 0.455. The van der Waals surface area contributed by atoms with E-state index in [1.54, 1.807) is 0 Å². The molecule has 10 heteroatoms. The molecule has 0 N–H and O–H groups in total. The van der Waals surface area contributed by atoms with Gasteiger partial charge in [-0.15, -0.1) is 0 Å². The minimum atomic E-state index is -3.66. The summed E-state index contributed by atoms with van der Waals surface area (Å²) in [6, 6.07) is 0. The molecule has 13 heavy (non-hydrogen) atoms. The number of hydrogen-bond acceptors (Lipinski definition) is 7. The predicted octanol–water partition coefficient (Wildman–Crippen LogP) is -8.92. The summed E-state index contributed by atoms with van der Waals surface area (Å²) in [6.45, 7) is 0. The molecule has 0 saturated carbocycles. The molecule has 0 aromatic heterocycles. The maximum absolute atomic E-state index is 9.92. The largest absolute Gasteiger partial charge is 1.00 e. The minimum Gasteiger partial charge on any atom is -0.652 e. The number of carboxylic acid groups (broad SMARTS) is 2. The van der Waals surface area contributed by atoms with E-state index in [-0.39, 0.29) is 103 Å². The van der Waals surface area contributed by atoms with E-state index in [0.717, 1.165) is 14.2 Å². The average molecular weight is 264 g/mol. The summed E-state index contributed by atoms with van der Waals surface area (Å²) in [5.74, 6) is 0. The van der Waals surface area contributed by atoms with Gasteiger partial charge in [0.2, 0.25) is 0 Å². The zero-order valence-electron chi connectivity index (χ0n) is 7.77. The molecule has 0 aromatic carbocycles. The van der Waals surface area contributed by atoms with Crippen LogP contribution in [0.5, 0.6) is 0 Å². The van der Waals surface area contributed by atoms with Crippen LogP contribution < -0.4 is 113 Å². The van der Waals surface area contributed by atoms with Crippen molar-refractivity contribution in [3.8, 4) is 0 Å². The summed E-state index contributed by atoms with van der Waals surface area (Å²) in [6.07, 6.45) is -2.33. The zero-order valence-corrected chi connectivity index (χ0v) is 14.8. The maximum Gasteiger partial charge on any atom is 1.00 e. The van der Waals surface area contributed by atoms with Crippen molar-refractivity contribution >= 4 is 16.6 Å². The van der Waals surface area contributed by atoms with Crippen molar-refractivity contribution in [2.75, 3.05) is 14.2 Å². The molecule has 0 amide bonds. The Labute approximate surface area is 161 Å². The van der Waals surface area contributed by atoms with E-state index in [2.05, 4.69) is 8.37 Å². The Hall–Kier alpha value is 2.41. The molecule has 0 aliphatic carbocycles. The summed E-state index contributed by atoms with van der Waals surface area (Å²) in [5.41, 5.74) is 0. The van der Waals surface area contributed by atoms with Crippen molar-refractivity contribution in [1.82, 2.24) is 0 Å². The van der Waals surface area contributed by atoms with Crippen LogP contribution in [0.1, 0.15) is 0 Å². The van der Waals surface area contributed by atoms with Gasteiger partial charge >= 0.3 is 113 Å². The Morgan fingerprint density at radius 3 is 1.23 bits per heavy atom. The van der Waals surface area contributed by atoms with Crippen molar-refractivity contribution < 1.29 is 135 Å². The van der Waals surface area contributed by atoms with Gasteiger partial charge < -0.3 is 15.0 Å². The molecule has 0 aromatic rings. The van der Waals surface area contributed by atoms with Crippen LogP contribution in [0, 0.1) is 0 Å². The van der Waals surface area contributed by atoms with E-state index in [1.165, 1.54) is 0 Å². The molecule has 0 fully saturated rings. The first-order valence-electron chi connectivity index (χ1n) is 2.10. The van der Waals surface area contributed by atoms with Crippen LogP contribution in [0.2, 0.25) is 0 Å². The number of carbonyl (C=O) groups is 1. The topological polar surface area (TPSA) is 116 Å². The summed E-state index contributed by atoms with van der Waals surface area (Å²) in [5, 5.41) is 16.7. The fourth-order valence-corrected chi connectivity index (χ4v) is 0.204. The molecule has 0 bridgehead atoms. The summed E-state index contributed by atoms with van der Waals surface area (Å²) < 4.78 is 27.5. The number of rotatable bonds is 2. The Morgan fingerprint density at radius 1 is 1.08 bits per heavy atom. The second-order valence-corrected chi connectivity index (χ2v) is 2.47. The van der Waals surface area contributed by atoms with Crippen molar-refractivity contribution in [3.63, 3.8) is 0 Å². The van der Waals surface area contributed by atoms with E-state index in [9.17, 15) is 8.42 Å². The summed E-state index contributed by atoms with van der Waals surface area (Å²) >= 11 is 0. The Morgan fingerprint density at radius 2 is 1.23 bits per heavy atom. The Kier molecular flexibility index (Phi) is 27.3. The van der Waals surface area contributed by atoms with Gasteiger partial charge in [0.25, 0.3) is 0 Å². The maximum atomic E-state index is 9.92. The third kappa shape index (κ3) is 31.4. The Bertz CT molecular complexity index is 186. The monoisotopic (exact) mass is 264 g/mol. The molecule has 68 valence electrons. The molecular weight excluding hydrogens is 258 g/mol. The van der Waals surface area contributed by atoms with Gasteiger partial charge in [0.05, 0.1) is 14.2 Å². The van der Waals surface area contributed by atoms with Crippen LogP contribution in [0.25, 0.3) is 0 Å². The number of carbonyl (C=O) groups excluding carboxylic acids is 1. The molecule has 0 saturated heterocycles. The third-order valence-electron chi connectivity index (χ3n) is 0.408. The standard InChI is InChI=1S/C2H6O4S.CH2O3.2K/c1-5-7(3,4)6-2;2-1(3)4;;/h1-2H3;(H2,2,3,4);;/q;;2*+1/p-2. The minimum absolute atomic E-state index is 0. The van der Waals surface area contributed by atoms with Gasteiger partial charge in [0.15, 0.2) is 0 Å². The first-order valence-corrected chi connectivity index (χ1v) is 3.43. The molecule has 0 atom stereocenters. The normalized spacial score (nSPS) is 8.15. The van der Waals surface area contributed by atoms with Gasteiger partial charge in [-0.3, -0.25) is 8.37 Å². The van der Waals surface area contributed by atoms with E-state index in [4.69, 9.17) is 15.0 Å². The van der Waals surface area contributed by atoms with Crippen molar-refractivity contribution in [2.45, 2.75) is 0 Å². The van der Waals surface area contributed by atoms with E-state index in [0.29, 0.717) is 0 Å². The van der Waals surface area contributed by atoms with E-state index >= 15 is 0 Å². The fraction of sp³-hybridized carbons (Fsp3) is 0.667. The molecule has 0 rings (SSSR count). The van der Waals surface area contributed by atoms with Crippen molar-refractivity contribution in [2.24, 2.45) is 0 Å². The molecule has 0 aliphatic heterocycles. The average Bonchev–Trinajstić information content (AvgIpc) is 1.87. The first kappa shape index (κ1) is 24.6. The molecule has 0 radical (unpaired) electrons. The fourth-order valence-electron chi connectivity index (χ4n) is 0.0680. The second kappa shape index (κ2) is 14.4. The van der Waals surface area contributed by atoms with Crippen LogP contribution in [0.15, 0.2) is 0 Å². The van der Waals surface area contributed by atoms with Crippen LogP contribution in [-0.4, -0.2) is 28.8 Å². The molecule has 7 nitrogen and oxygen atoms in total. The SMILES string of the molecule is COS(=O)(=O)OC.O=C([O-])[O-].[K+].[K+]. The molecule has 0 unspecified atom stereocenters. The predicted molar refractivity (Wildman–Crippen MR) is 28.3 cm³/mol. The van der Waals surface area contributed by atoms with Gasteiger partial charge in [-0.25, -0.2) is 0 Å².